The second-order valence-corrected chi connectivity index (χ2v) is 6.93. The number of hydrogen-bond acceptors (Lipinski definition) is 3. The molecule has 0 radical (unpaired) electrons. The monoisotopic (exact) mass is 254 g/mol. The van der Waals surface area contributed by atoms with Gasteiger partial charge < -0.3 is 15.4 Å². The molecule has 1 heterocycles. The normalized spacial score (nSPS) is 23.5. The quantitative estimate of drug-likeness (QED) is 0.795. The summed E-state index contributed by atoms with van der Waals surface area (Å²) < 4.78 is 5.24. The maximum atomic E-state index is 11.6. The van der Waals surface area contributed by atoms with Gasteiger partial charge in [-0.3, -0.25) is 0 Å². The van der Waals surface area contributed by atoms with Crippen LogP contribution < -0.4 is 10.6 Å². The molecule has 0 aromatic heterocycles. The van der Waals surface area contributed by atoms with Gasteiger partial charge in [-0.25, -0.2) is 4.79 Å². The Bertz CT molecular complexity index is 295. The van der Waals surface area contributed by atoms with E-state index < -0.39 is 5.60 Å². The van der Waals surface area contributed by atoms with Crippen LogP contribution in [0.15, 0.2) is 0 Å². The Morgan fingerprint density at radius 1 is 1.33 bits per heavy atom. The Morgan fingerprint density at radius 2 is 1.94 bits per heavy atom. The fourth-order valence-corrected chi connectivity index (χ4v) is 2.87. The lowest BCUT2D eigenvalue weighted by molar-refractivity contribution is 0.0485. The summed E-state index contributed by atoms with van der Waals surface area (Å²) in [6.07, 6.45) is 4.80. The molecule has 1 saturated heterocycles. The average Bonchev–Trinajstić information content (AvgIpc) is 2.22. The van der Waals surface area contributed by atoms with Crippen LogP contribution in [0, 0.1) is 11.3 Å². The summed E-state index contributed by atoms with van der Waals surface area (Å²) in [5.74, 6) is 0.628. The molecule has 4 heteroatoms. The first-order valence-corrected chi connectivity index (χ1v) is 7.06. The highest BCUT2D eigenvalue weighted by Crippen LogP contribution is 2.41. The van der Waals surface area contributed by atoms with E-state index in [1.807, 2.05) is 20.8 Å². The van der Waals surface area contributed by atoms with Crippen molar-refractivity contribution in [2.24, 2.45) is 11.3 Å². The number of hydrogen-bond donors (Lipinski definition) is 2. The van der Waals surface area contributed by atoms with Gasteiger partial charge in [0.05, 0.1) is 0 Å². The minimum atomic E-state index is -0.404. The lowest BCUT2D eigenvalue weighted by atomic mass is 9.67. The smallest absolute Gasteiger partial charge is 0.407 e. The van der Waals surface area contributed by atoms with Crippen LogP contribution in [-0.2, 0) is 4.74 Å². The van der Waals surface area contributed by atoms with Crippen molar-refractivity contribution in [2.45, 2.75) is 52.1 Å². The van der Waals surface area contributed by atoms with Crippen molar-refractivity contribution in [3.8, 4) is 0 Å². The lowest BCUT2D eigenvalue weighted by Gasteiger charge is -2.47. The molecule has 104 valence electrons. The molecule has 2 fully saturated rings. The van der Waals surface area contributed by atoms with E-state index in [1.165, 1.54) is 38.8 Å². The minimum Gasteiger partial charge on any atom is -0.444 e. The largest absolute Gasteiger partial charge is 0.444 e. The SMILES string of the molecule is CC(C)(C)OC(=O)NCC1CCC2(CC1)CNC2. The second kappa shape index (κ2) is 5.08. The van der Waals surface area contributed by atoms with E-state index in [0.29, 0.717) is 11.3 Å². The minimum absolute atomic E-state index is 0.284. The third kappa shape index (κ3) is 3.61. The first-order valence-electron chi connectivity index (χ1n) is 7.06. The molecule has 1 spiro atoms. The van der Waals surface area contributed by atoms with Crippen LogP contribution >= 0.6 is 0 Å². The van der Waals surface area contributed by atoms with Gasteiger partial charge in [0.2, 0.25) is 0 Å². The Hall–Kier alpha value is -0.770. The van der Waals surface area contributed by atoms with Gasteiger partial charge in [0, 0.05) is 19.6 Å². The molecule has 0 aromatic rings. The molecule has 1 saturated carbocycles. The van der Waals surface area contributed by atoms with Crippen molar-refractivity contribution in [1.82, 2.24) is 10.6 Å². The fraction of sp³-hybridized carbons (Fsp3) is 0.929. The predicted octanol–water partition coefficient (Wildman–Crippen LogP) is 2.29. The number of ether oxygens (including phenoxy) is 1. The molecule has 0 bridgehead atoms. The van der Waals surface area contributed by atoms with Crippen LogP contribution in [0.1, 0.15) is 46.5 Å². The van der Waals surface area contributed by atoms with E-state index in [2.05, 4.69) is 10.6 Å². The molecule has 18 heavy (non-hydrogen) atoms. The lowest BCUT2D eigenvalue weighted by Crippen LogP contribution is -2.55. The molecule has 0 unspecified atom stereocenters. The summed E-state index contributed by atoms with van der Waals surface area (Å²) in [6, 6.07) is 0. The molecule has 2 aliphatic rings. The Morgan fingerprint density at radius 3 is 2.39 bits per heavy atom. The van der Waals surface area contributed by atoms with Crippen molar-refractivity contribution < 1.29 is 9.53 Å². The maximum absolute atomic E-state index is 11.6. The summed E-state index contributed by atoms with van der Waals surface area (Å²) in [7, 11) is 0. The van der Waals surface area contributed by atoms with Crippen molar-refractivity contribution in [3.05, 3.63) is 0 Å². The van der Waals surface area contributed by atoms with Crippen LogP contribution in [0.4, 0.5) is 4.79 Å². The number of alkyl carbamates (subject to hydrolysis) is 1. The Balaban J connectivity index is 1.64. The third-order valence-corrected chi connectivity index (χ3v) is 4.10. The van der Waals surface area contributed by atoms with Crippen LogP contribution in [-0.4, -0.2) is 31.3 Å². The average molecular weight is 254 g/mol. The van der Waals surface area contributed by atoms with E-state index in [9.17, 15) is 4.79 Å². The fourth-order valence-electron chi connectivity index (χ4n) is 2.87. The Kier molecular flexibility index (Phi) is 3.85. The van der Waals surface area contributed by atoms with Crippen molar-refractivity contribution in [2.75, 3.05) is 19.6 Å². The zero-order valence-corrected chi connectivity index (χ0v) is 11.8. The van der Waals surface area contributed by atoms with Gasteiger partial charge in [-0.1, -0.05) is 0 Å². The van der Waals surface area contributed by atoms with Gasteiger partial charge in [-0.2, -0.15) is 0 Å². The number of nitrogens with one attached hydrogen (secondary N) is 2. The summed E-state index contributed by atoms with van der Waals surface area (Å²) in [5, 5.41) is 6.27. The van der Waals surface area contributed by atoms with Gasteiger partial charge in [0.1, 0.15) is 5.60 Å². The third-order valence-electron chi connectivity index (χ3n) is 4.10. The van der Waals surface area contributed by atoms with Crippen molar-refractivity contribution in [1.29, 1.82) is 0 Å². The van der Waals surface area contributed by atoms with E-state index in [1.54, 1.807) is 0 Å². The number of amides is 1. The van der Waals surface area contributed by atoms with E-state index >= 15 is 0 Å². The van der Waals surface area contributed by atoms with E-state index in [4.69, 9.17) is 4.74 Å². The second-order valence-electron chi connectivity index (χ2n) is 6.93. The molecule has 1 amide bonds. The van der Waals surface area contributed by atoms with Gasteiger partial charge >= 0.3 is 6.09 Å². The number of carbonyl (C=O) groups is 1. The molecule has 0 atom stereocenters. The molecule has 0 aromatic carbocycles. The molecule has 2 rings (SSSR count). The van der Waals surface area contributed by atoms with E-state index in [0.717, 1.165) is 6.54 Å². The van der Waals surface area contributed by atoms with Gasteiger partial charge in [0.15, 0.2) is 0 Å². The standard InChI is InChI=1S/C14H26N2O2/c1-13(2,3)18-12(17)16-8-11-4-6-14(7-5-11)9-15-10-14/h11,15H,4-10H2,1-3H3,(H,16,17). The van der Waals surface area contributed by atoms with Gasteiger partial charge in [0.25, 0.3) is 0 Å². The molecule has 4 nitrogen and oxygen atoms in total. The van der Waals surface area contributed by atoms with Crippen LogP contribution in [0.25, 0.3) is 0 Å². The van der Waals surface area contributed by atoms with Crippen molar-refractivity contribution in [3.63, 3.8) is 0 Å². The topological polar surface area (TPSA) is 50.4 Å². The number of rotatable bonds is 2. The number of carbonyl (C=O) groups excluding carboxylic acids is 1. The molecule has 2 N–H and O–H groups in total. The van der Waals surface area contributed by atoms with Crippen LogP contribution in [0.2, 0.25) is 0 Å². The summed E-state index contributed by atoms with van der Waals surface area (Å²) in [5.41, 5.74) is 0.195. The highest BCUT2D eigenvalue weighted by Gasteiger charge is 2.39. The van der Waals surface area contributed by atoms with Crippen molar-refractivity contribution >= 4 is 6.09 Å². The molecular weight excluding hydrogens is 228 g/mol. The predicted molar refractivity (Wildman–Crippen MR) is 71.5 cm³/mol. The molecular formula is C14H26N2O2. The zero-order valence-electron chi connectivity index (χ0n) is 11.8. The summed E-state index contributed by atoms with van der Waals surface area (Å²) >= 11 is 0. The van der Waals surface area contributed by atoms with Gasteiger partial charge in [-0.15, -0.1) is 0 Å². The molecule has 1 aliphatic carbocycles. The first kappa shape index (κ1) is 13.7. The highest BCUT2D eigenvalue weighted by molar-refractivity contribution is 5.67. The Labute approximate surface area is 110 Å². The highest BCUT2D eigenvalue weighted by atomic mass is 16.6. The van der Waals surface area contributed by atoms with Crippen LogP contribution in [0.5, 0.6) is 0 Å². The maximum Gasteiger partial charge on any atom is 0.407 e. The first-order chi connectivity index (χ1) is 8.39. The zero-order chi connectivity index (χ0) is 13.2. The molecule has 1 aliphatic heterocycles. The summed E-state index contributed by atoms with van der Waals surface area (Å²) in [4.78, 5) is 11.6. The van der Waals surface area contributed by atoms with E-state index in [-0.39, 0.29) is 6.09 Å². The van der Waals surface area contributed by atoms with Gasteiger partial charge in [-0.05, 0) is 57.8 Å². The summed E-state index contributed by atoms with van der Waals surface area (Å²) in [6.45, 7) is 8.82. The van der Waals surface area contributed by atoms with Crippen LogP contribution in [0.3, 0.4) is 0 Å².